The molecule has 0 aromatic carbocycles. The Morgan fingerprint density at radius 1 is 1.43 bits per heavy atom. The summed E-state index contributed by atoms with van der Waals surface area (Å²) < 4.78 is 5.10. The average Bonchev–Trinajstić information content (AvgIpc) is 2.14. The third-order valence-corrected chi connectivity index (χ3v) is 2.56. The highest BCUT2D eigenvalue weighted by Gasteiger charge is 2.31. The highest BCUT2D eigenvalue weighted by atomic mass is 16.5. The quantitative estimate of drug-likeness (QED) is 0.633. The molecule has 0 radical (unpaired) electrons. The Kier molecular flexibility index (Phi) is 1.91. The zero-order chi connectivity index (χ0) is 10.3. The Bertz CT molecular complexity index is 389. The fourth-order valence-corrected chi connectivity index (χ4v) is 1.54. The van der Waals surface area contributed by atoms with Gasteiger partial charge in [-0.1, -0.05) is 6.92 Å². The van der Waals surface area contributed by atoms with Crippen molar-refractivity contribution in [3.63, 3.8) is 0 Å². The van der Waals surface area contributed by atoms with Crippen LogP contribution >= 0.6 is 0 Å². The molecule has 1 aliphatic heterocycles. The monoisotopic (exact) mass is 193 g/mol. The van der Waals surface area contributed by atoms with Gasteiger partial charge in [-0.05, 0) is 13.0 Å². The molecule has 0 bridgehead atoms. The van der Waals surface area contributed by atoms with Crippen molar-refractivity contribution in [1.29, 1.82) is 0 Å². The van der Waals surface area contributed by atoms with Crippen molar-refractivity contribution in [3.8, 4) is 5.88 Å². The van der Waals surface area contributed by atoms with Crippen LogP contribution in [0.25, 0.3) is 0 Å². The second-order valence-electron chi connectivity index (χ2n) is 3.50. The van der Waals surface area contributed by atoms with Crippen molar-refractivity contribution in [2.45, 2.75) is 25.9 Å². The van der Waals surface area contributed by atoms with Crippen LogP contribution in [-0.4, -0.2) is 22.2 Å². The number of esters is 1. The van der Waals surface area contributed by atoms with Crippen molar-refractivity contribution < 1.29 is 14.6 Å². The summed E-state index contributed by atoms with van der Waals surface area (Å²) in [5.41, 5.74) is 1.07. The fraction of sp³-hybridized carbons (Fsp3) is 0.400. The number of hydrogen-bond donors (Lipinski definition) is 1. The summed E-state index contributed by atoms with van der Waals surface area (Å²) in [7, 11) is 0. The third kappa shape index (κ3) is 1.23. The van der Waals surface area contributed by atoms with E-state index in [0.717, 1.165) is 0 Å². The summed E-state index contributed by atoms with van der Waals surface area (Å²) in [6.07, 6.45) is -0.190. The molecule has 1 aliphatic rings. The zero-order valence-electron chi connectivity index (χ0n) is 8.02. The van der Waals surface area contributed by atoms with Crippen molar-refractivity contribution in [1.82, 2.24) is 4.98 Å². The Balaban J connectivity index is 2.56. The maximum Gasteiger partial charge on any atom is 0.340 e. The first kappa shape index (κ1) is 8.99. The Labute approximate surface area is 81.5 Å². The molecule has 1 aromatic rings. The first-order valence-corrected chi connectivity index (χ1v) is 4.50. The molecule has 1 unspecified atom stereocenters. The van der Waals surface area contributed by atoms with E-state index < -0.39 is 0 Å². The van der Waals surface area contributed by atoms with Gasteiger partial charge in [0.1, 0.15) is 6.10 Å². The first-order valence-electron chi connectivity index (χ1n) is 4.50. The number of rotatable bonds is 0. The van der Waals surface area contributed by atoms with E-state index in [-0.39, 0.29) is 23.9 Å². The molecule has 4 nitrogen and oxygen atoms in total. The number of fused-ring (bicyclic) bond motifs is 1. The van der Waals surface area contributed by atoms with Gasteiger partial charge in [-0.15, -0.1) is 0 Å². The van der Waals surface area contributed by atoms with Gasteiger partial charge in [-0.25, -0.2) is 9.78 Å². The van der Waals surface area contributed by atoms with Gasteiger partial charge in [-0.2, -0.15) is 0 Å². The van der Waals surface area contributed by atoms with Crippen LogP contribution < -0.4 is 0 Å². The predicted molar refractivity (Wildman–Crippen MR) is 49.2 cm³/mol. The molecule has 14 heavy (non-hydrogen) atoms. The fourth-order valence-electron chi connectivity index (χ4n) is 1.54. The van der Waals surface area contributed by atoms with E-state index in [1.165, 1.54) is 6.07 Å². The summed E-state index contributed by atoms with van der Waals surface area (Å²) >= 11 is 0. The molecule has 0 aliphatic carbocycles. The third-order valence-electron chi connectivity index (χ3n) is 2.56. The minimum absolute atomic E-state index is 0.0230. The largest absolute Gasteiger partial charge is 0.493 e. The summed E-state index contributed by atoms with van der Waals surface area (Å²) in [6, 6.07) is 2.94. The van der Waals surface area contributed by atoms with Gasteiger partial charge >= 0.3 is 5.97 Å². The topological polar surface area (TPSA) is 59.4 Å². The van der Waals surface area contributed by atoms with Crippen molar-refractivity contribution in [2.24, 2.45) is 0 Å². The molecular formula is C10H11NO3. The number of carbonyl (C=O) groups is 1. The Morgan fingerprint density at radius 3 is 2.86 bits per heavy atom. The molecule has 0 fully saturated rings. The van der Waals surface area contributed by atoms with Crippen molar-refractivity contribution in [3.05, 3.63) is 23.4 Å². The van der Waals surface area contributed by atoms with Gasteiger partial charge in [0.25, 0.3) is 0 Å². The van der Waals surface area contributed by atoms with Crippen LogP contribution in [-0.2, 0) is 4.74 Å². The van der Waals surface area contributed by atoms with Gasteiger partial charge in [-0.3, -0.25) is 0 Å². The summed E-state index contributed by atoms with van der Waals surface area (Å²) in [5.74, 6) is -0.398. The van der Waals surface area contributed by atoms with Crippen LogP contribution in [0.5, 0.6) is 5.88 Å². The molecule has 0 saturated carbocycles. The summed E-state index contributed by atoms with van der Waals surface area (Å²) in [6.45, 7) is 3.74. The molecular weight excluding hydrogens is 182 g/mol. The second-order valence-corrected chi connectivity index (χ2v) is 3.50. The van der Waals surface area contributed by atoms with Crippen LogP contribution in [0.2, 0.25) is 0 Å². The van der Waals surface area contributed by atoms with E-state index in [9.17, 15) is 9.90 Å². The van der Waals surface area contributed by atoms with Crippen LogP contribution in [0.4, 0.5) is 0 Å². The molecule has 2 heterocycles. The lowest BCUT2D eigenvalue weighted by Gasteiger charge is -2.26. The van der Waals surface area contributed by atoms with Crippen LogP contribution in [0, 0.1) is 0 Å². The van der Waals surface area contributed by atoms with Gasteiger partial charge in [0.05, 0.1) is 11.3 Å². The van der Waals surface area contributed by atoms with Gasteiger partial charge in [0.15, 0.2) is 0 Å². The second kappa shape index (κ2) is 2.97. The van der Waals surface area contributed by atoms with Crippen LogP contribution in [0.1, 0.15) is 35.8 Å². The lowest BCUT2D eigenvalue weighted by atomic mass is 9.94. The molecule has 1 N–H and O–H groups in total. The number of aromatic nitrogens is 1. The summed E-state index contributed by atoms with van der Waals surface area (Å²) in [5, 5.41) is 9.22. The molecule has 74 valence electrons. The number of ether oxygens (including phenoxy) is 1. The molecule has 2 atom stereocenters. The lowest BCUT2D eigenvalue weighted by molar-refractivity contribution is 0.0234. The van der Waals surface area contributed by atoms with E-state index in [1.54, 1.807) is 6.07 Å². The number of carbonyl (C=O) groups excluding carboxylic acids is 1. The first-order chi connectivity index (χ1) is 6.59. The van der Waals surface area contributed by atoms with Gasteiger partial charge in [0, 0.05) is 12.0 Å². The molecule has 0 spiro atoms. The minimum atomic E-state index is -0.363. The van der Waals surface area contributed by atoms with E-state index in [1.807, 2.05) is 13.8 Å². The number of hydrogen-bond acceptors (Lipinski definition) is 4. The van der Waals surface area contributed by atoms with Crippen LogP contribution in [0.15, 0.2) is 12.1 Å². The molecule has 0 amide bonds. The standard InChI is InChI=1S/C10H11NO3/c1-5-6(2)14-10(13)7-3-4-8(12)11-9(5)7/h3-6H,1-2H3,(H,11,12)/t5?,6-/m1/s1. The van der Waals surface area contributed by atoms with Crippen LogP contribution in [0.3, 0.4) is 0 Å². The average molecular weight is 193 g/mol. The zero-order valence-corrected chi connectivity index (χ0v) is 8.02. The van der Waals surface area contributed by atoms with E-state index >= 15 is 0 Å². The molecule has 4 heteroatoms. The van der Waals surface area contributed by atoms with Crippen molar-refractivity contribution >= 4 is 5.97 Å². The number of cyclic esters (lactones) is 1. The number of nitrogens with zero attached hydrogens (tertiary/aromatic N) is 1. The van der Waals surface area contributed by atoms with E-state index in [2.05, 4.69) is 4.98 Å². The Hall–Kier alpha value is -1.58. The number of pyridine rings is 1. The highest BCUT2D eigenvalue weighted by Crippen LogP contribution is 2.30. The number of aromatic hydroxyl groups is 1. The minimum Gasteiger partial charge on any atom is -0.493 e. The highest BCUT2D eigenvalue weighted by molar-refractivity contribution is 5.92. The molecule has 2 rings (SSSR count). The normalized spacial score (nSPS) is 25.4. The van der Waals surface area contributed by atoms with Gasteiger partial charge in [0.2, 0.25) is 5.88 Å². The van der Waals surface area contributed by atoms with E-state index in [0.29, 0.717) is 11.3 Å². The van der Waals surface area contributed by atoms with Gasteiger partial charge < -0.3 is 9.84 Å². The maximum absolute atomic E-state index is 11.4. The molecule has 0 saturated heterocycles. The molecule has 1 aromatic heterocycles. The predicted octanol–water partition coefficient (Wildman–Crippen LogP) is 1.45. The smallest absolute Gasteiger partial charge is 0.340 e. The van der Waals surface area contributed by atoms with Crippen molar-refractivity contribution in [2.75, 3.05) is 0 Å². The SMILES string of the molecule is CC1c2nc(O)ccc2C(=O)O[C@@H]1C. The summed E-state index contributed by atoms with van der Waals surface area (Å²) in [4.78, 5) is 15.4. The van der Waals surface area contributed by atoms with E-state index in [4.69, 9.17) is 4.74 Å². The lowest BCUT2D eigenvalue weighted by Crippen LogP contribution is -2.29. The maximum atomic E-state index is 11.4. The Morgan fingerprint density at radius 2 is 2.14 bits per heavy atom.